The van der Waals surface area contributed by atoms with Gasteiger partial charge in [0.05, 0.1) is 11.6 Å². The van der Waals surface area contributed by atoms with Gasteiger partial charge in [0, 0.05) is 11.4 Å². The number of nitrogens with zero attached hydrogens (tertiary/aromatic N) is 1. The van der Waals surface area contributed by atoms with Gasteiger partial charge in [0.2, 0.25) is 0 Å². The molecule has 4 nitrogen and oxygen atoms in total. The topological polar surface area (TPSA) is 62.2 Å². The molecule has 5 heteroatoms. The molecule has 1 heterocycles. The van der Waals surface area contributed by atoms with Gasteiger partial charge in [-0.1, -0.05) is 0 Å². The van der Waals surface area contributed by atoms with Crippen LogP contribution in [0.5, 0.6) is 0 Å². The Morgan fingerprint density at radius 2 is 2.06 bits per heavy atom. The van der Waals surface area contributed by atoms with Crippen LogP contribution in [0.25, 0.3) is 0 Å². The lowest BCUT2D eigenvalue weighted by Crippen LogP contribution is -2.25. The number of thiazole rings is 1. The average Bonchev–Trinajstić information content (AvgIpc) is 2.67. The van der Waals surface area contributed by atoms with Gasteiger partial charge < -0.3 is 10.4 Å². The molecule has 0 unspecified atom stereocenters. The van der Waals surface area contributed by atoms with Gasteiger partial charge in [-0.25, -0.2) is 4.98 Å². The Kier molecular flexibility index (Phi) is 4.22. The Bertz CT molecular complexity index is 403. The second kappa shape index (κ2) is 5.69. The van der Waals surface area contributed by atoms with Crippen molar-refractivity contribution in [1.29, 1.82) is 0 Å². The summed E-state index contributed by atoms with van der Waals surface area (Å²) in [5, 5.41) is 13.3. The first-order valence-electron chi connectivity index (χ1n) is 6.47. The molecule has 18 heavy (non-hydrogen) atoms. The summed E-state index contributed by atoms with van der Waals surface area (Å²) in [5.74, 6) is -0.164. The maximum atomic E-state index is 10.9. The van der Waals surface area contributed by atoms with Crippen molar-refractivity contribution >= 4 is 22.4 Å². The lowest BCUT2D eigenvalue weighted by Gasteiger charge is -2.26. The molecule has 0 atom stereocenters. The normalized spacial score (nSPS) is 23.9. The van der Waals surface area contributed by atoms with Crippen LogP contribution in [0, 0.1) is 25.7 Å². The van der Waals surface area contributed by atoms with Gasteiger partial charge in [0.25, 0.3) is 0 Å². The third kappa shape index (κ3) is 3.22. The Morgan fingerprint density at radius 1 is 1.39 bits per heavy atom. The molecule has 1 aromatic rings. The zero-order valence-corrected chi connectivity index (χ0v) is 11.7. The van der Waals surface area contributed by atoms with Gasteiger partial charge in [-0.15, -0.1) is 11.3 Å². The first-order chi connectivity index (χ1) is 8.56. The molecule has 2 rings (SSSR count). The highest BCUT2D eigenvalue weighted by Crippen LogP contribution is 2.29. The maximum absolute atomic E-state index is 10.9. The molecule has 1 aliphatic rings. The number of carbonyl (C=O) groups is 1. The van der Waals surface area contributed by atoms with E-state index in [0.717, 1.165) is 43.1 Å². The summed E-state index contributed by atoms with van der Waals surface area (Å²) < 4.78 is 0. The van der Waals surface area contributed by atoms with Gasteiger partial charge >= 0.3 is 5.97 Å². The largest absolute Gasteiger partial charge is 0.481 e. The van der Waals surface area contributed by atoms with Crippen LogP contribution >= 0.6 is 11.3 Å². The second-order valence-electron chi connectivity index (χ2n) is 5.10. The van der Waals surface area contributed by atoms with E-state index in [1.54, 1.807) is 11.3 Å². The molecule has 1 saturated carbocycles. The molecule has 0 aromatic carbocycles. The molecule has 2 N–H and O–H groups in total. The molecule has 0 amide bonds. The standard InChI is InChI=1S/C13H20N2O2S/c1-8-9(2)18-13(15-8)14-7-10-3-5-11(6-4-10)12(16)17/h10-11H,3-7H2,1-2H3,(H,14,15)(H,16,17). The third-order valence-electron chi connectivity index (χ3n) is 3.77. The minimum absolute atomic E-state index is 0.120. The van der Waals surface area contributed by atoms with Crippen LogP contribution < -0.4 is 5.32 Å². The molecule has 0 radical (unpaired) electrons. The van der Waals surface area contributed by atoms with Gasteiger partial charge in [0.1, 0.15) is 0 Å². The zero-order valence-electron chi connectivity index (χ0n) is 10.9. The summed E-state index contributed by atoms with van der Waals surface area (Å²) >= 11 is 1.69. The summed E-state index contributed by atoms with van der Waals surface area (Å²) in [6.07, 6.45) is 3.65. The maximum Gasteiger partial charge on any atom is 0.306 e. The number of hydrogen-bond acceptors (Lipinski definition) is 4. The molecule has 100 valence electrons. The van der Waals surface area contributed by atoms with Crippen LogP contribution in [0.4, 0.5) is 5.13 Å². The summed E-state index contributed by atoms with van der Waals surface area (Å²) in [6.45, 7) is 5.02. The molecule has 0 bridgehead atoms. The van der Waals surface area contributed by atoms with Gasteiger partial charge in [-0.3, -0.25) is 4.79 Å². The Hall–Kier alpha value is -1.10. The minimum Gasteiger partial charge on any atom is -0.481 e. The molecule has 0 spiro atoms. The van der Waals surface area contributed by atoms with Crippen LogP contribution in [-0.4, -0.2) is 22.6 Å². The second-order valence-corrected chi connectivity index (χ2v) is 6.30. The van der Waals surface area contributed by atoms with E-state index in [-0.39, 0.29) is 5.92 Å². The fourth-order valence-electron chi connectivity index (χ4n) is 2.39. The number of aliphatic carboxylic acids is 1. The van der Waals surface area contributed by atoms with Crippen LogP contribution in [0.15, 0.2) is 0 Å². The number of carboxylic acid groups (broad SMARTS) is 1. The van der Waals surface area contributed by atoms with E-state index in [9.17, 15) is 4.79 Å². The Labute approximate surface area is 111 Å². The fraction of sp³-hybridized carbons (Fsp3) is 0.692. The molecule has 0 saturated heterocycles. The van der Waals surface area contributed by atoms with Gasteiger partial charge in [0.15, 0.2) is 5.13 Å². The number of rotatable bonds is 4. The molecular weight excluding hydrogens is 248 g/mol. The van der Waals surface area contributed by atoms with E-state index in [0.29, 0.717) is 5.92 Å². The van der Waals surface area contributed by atoms with Crippen molar-refractivity contribution in [2.75, 3.05) is 11.9 Å². The van der Waals surface area contributed by atoms with E-state index in [1.807, 2.05) is 6.92 Å². The number of aromatic nitrogens is 1. The van der Waals surface area contributed by atoms with Gasteiger partial charge in [-0.05, 0) is 45.4 Å². The monoisotopic (exact) mass is 268 g/mol. The van der Waals surface area contributed by atoms with Crippen LogP contribution in [0.3, 0.4) is 0 Å². The SMILES string of the molecule is Cc1nc(NCC2CCC(C(=O)O)CC2)sc1C. The van der Waals surface area contributed by atoms with Crippen molar-refractivity contribution in [1.82, 2.24) is 4.98 Å². The lowest BCUT2D eigenvalue weighted by molar-refractivity contribution is -0.143. The first kappa shape index (κ1) is 13.3. The highest BCUT2D eigenvalue weighted by molar-refractivity contribution is 7.15. The highest BCUT2D eigenvalue weighted by atomic mass is 32.1. The molecule has 1 aliphatic carbocycles. The first-order valence-corrected chi connectivity index (χ1v) is 7.28. The predicted octanol–water partition coefficient (Wildman–Crippen LogP) is 3.06. The summed E-state index contributed by atoms with van der Waals surface area (Å²) in [7, 11) is 0. The number of hydrogen-bond donors (Lipinski definition) is 2. The predicted molar refractivity (Wildman–Crippen MR) is 73.2 cm³/mol. The van der Waals surface area contributed by atoms with E-state index < -0.39 is 5.97 Å². The zero-order chi connectivity index (χ0) is 13.1. The summed E-state index contributed by atoms with van der Waals surface area (Å²) in [6, 6.07) is 0. The van der Waals surface area contributed by atoms with Crippen molar-refractivity contribution in [3.05, 3.63) is 10.6 Å². The third-order valence-corrected chi connectivity index (χ3v) is 4.80. The van der Waals surface area contributed by atoms with Crippen molar-refractivity contribution in [3.63, 3.8) is 0 Å². The summed E-state index contributed by atoms with van der Waals surface area (Å²) in [5.41, 5.74) is 1.09. The van der Waals surface area contributed by atoms with Crippen LogP contribution in [0.1, 0.15) is 36.3 Å². The van der Waals surface area contributed by atoms with Crippen LogP contribution in [0.2, 0.25) is 0 Å². The van der Waals surface area contributed by atoms with E-state index in [2.05, 4.69) is 17.2 Å². The Morgan fingerprint density at radius 3 is 2.56 bits per heavy atom. The van der Waals surface area contributed by atoms with Crippen molar-refractivity contribution in [3.8, 4) is 0 Å². The van der Waals surface area contributed by atoms with Gasteiger partial charge in [-0.2, -0.15) is 0 Å². The summed E-state index contributed by atoms with van der Waals surface area (Å²) in [4.78, 5) is 16.6. The highest BCUT2D eigenvalue weighted by Gasteiger charge is 2.25. The smallest absolute Gasteiger partial charge is 0.306 e. The molecule has 1 aromatic heterocycles. The van der Waals surface area contributed by atoms with E-state index in [4.69, 9.17) is 5.11 Å². The number of anilines is 1. The Balaban J connectivity index is 1.77. The average molecular weight is 268 g/mol. The van der Waals surface area contributed by atoms with Crippen molar-refractivity contribution < 1.29 is 9.90 Å². The van der Waals surface area contributed by atoms with Crippen molar-refractivity contribution in [2.24, 2.45) is 11.8 Å². The van der Waals surface area contributed by atoms with Crippen molar-refractivity contribution in [2.45, 2.75) is 39.5 Å². The molecular formula is C13H20N2O2S. The number of carboxylic acids is 1. The molecule has 1 fully saturated rings. The fourth-order valence-corrected chi connectivity index (χ4v) is 3.21. The van der Waals surface area contributed by atoms with E-state index >= 15 is 0 Å². The lowest BCUT2D eigenvalue weighted by atomic mass is 9.82. The van der Waals surface area contributed by atoms with Crippen LogP contribution in [-0.2, 0) is 4.79 Å². The van der Waals surface area contributed by atoms with E-state index in [1.165, 1.54) is 4.88 Å². The number of nitrogens with one attached hydrogen (secondary N) is 1. The quantitative estimate of drug-likeness (QED) is 0.881. The number of aryl methyl sites for hydroxylation is 2. The minimum atomic E-state index is -0.632. The molecule has 0 aliphatic heterocycles.